The summed E-state index contributed by atoms with van der Waals surface area (Å²) in [5.74, 6) is 0.248. The van der Waals surface area contributed by atoms with E-state index in [1.807, 2.05) is 25.1 Å². The van der Waals surface area contributed by atoms with E-state index in [4.69, 9.17) is 0 Å². The number of anilines is 1. The van der Waals surface area contributed by atoms with Gasteiger partial charge in [0.1, 0.15) is 5.82 Å². The number of rotatable bonds is 4. The fourth-order valence-electron chi connectivity index (χ4n) is 2.82. The van der Waals surface area contributed by atoms with Crippen LogP contribution < -0.4 is 11.0 Å². The average Bonchev–Trinajstić information content (AvgIpc) is 3.00. The fourth-order valence-corrected chi connectivity index (χ4v) is 2.82. The Morgan fingerprint density at radius 1 is 1.08 bits per heavy atom. The van der Waals surface area contributed by atoms with Gasteiger partial charge in [0, 0.05) is 18.3 Å². The molecule has 130 valence electrons. The maximum atomic E-state index is 12.9. The highest BCUT2D eigenvalue weighted by atomic mass is 19.1. The number of imidazole rings is 1. The van der Waals surface area contributed by atoms with Gasteiger partial charge in [-0.2, -0.15) is 0 Å². The van der Waals surface area contributed by atoms with E-state index < -0.39 is 0 Å². The molecule has 0 fully saturated rings. The van der Waals surface area contributed by atoms with Crippen molar-refractivity contribution in [3.8, 4) is 11.1 Å². The number of nitrogens with zero attached hydrogens (tertiary/aromatic N) is 2. The number of aromatic amines is 2. The van der Waals surface area contributed by atoms with Gasteiger partial charge in [-0.1, -0.05) is 18.2 Å². The number of aromatic nitrogens is 4. The Bertz CT molecular complexity index is 1130. The minimum absolute atomic E-state index is 0.231. The van der Waals surface area contributed by atoms with E-state index in [0.29, 0.717) is 12.5 Å². The summed E-state index contributed by atoms with van der Waals surface area (Å²) in [4.78, 5) is 25.7. The van der Waals surface area contributed by atoms with Crippen LogP contribution in [0.3, 0.4) is 0 Å². The van der Waals surface area contributed by atoms with Crippen LogP contribution in [-0.4, -0.2) is 19.9 Å². The molecule has 2 heterocycles. The Morgan fingerprint density at radius 3 is 2.62 bits per heavy atom. The molecule has 0 saturated carbocycles. The number of fused-ring (bicyclic) bond motifs is 1. The Morgan fingerprint density at radius 2 is 1.85 bits per heavy atom. The Hall–Kier alpha value is -3.48. The van der Waals surface area contributed by atoms with Crippen LogP contribution in [0.4, 0.5) is 10.3 Å². The largest absolute Gasteiger partial charge is 0.350 e. The molecule has 0 unspecified atom stereocenters. The second kappa shape index (κ2) is 6.44. The third-order valence-electron chi connectivity index (χ3n) is 4.17. The van der Waals surface area contributed by atoms with Crippen LogP contribution in [0.25, 0.3) is 22.2 Å². The van der Waals surface area contributed by atoms with Crippen LogP contribution in [0.1, 0.15) is 11.3 Å². The highest BCUT2D eigenvalue weighted by Crippen LogP contribution is 2.24. The summed E-state index contributed by atoms with van der Waals surface area (Å²) in [7, 11) is 0. The van der Waals surface area contributed by atoms with Gasteiger partial charge in [0.05, 0.1) is 16.7 Å². The second-order valence-corrected chi connectivity index (χ2v) is 6.01. The van der Waals surface area contributed by atoms with E-state index in [9.17, 15) is 9.18 Å². The van der Waals surface area contributed by atoms with Crippen molar-refractivity contribution < 1.29 is 4.39 Å². The number of H-pyrrole nitrogens is 2. The maximum absolute atomic E-state index is 12.9. The highest BCUT2D eigenvalue weighted by Gasteiger charge is 2.08. The van der Waals surface area contributed by atoms with E-state index in [2.05, 4.69) is 25.3 Å². The predicted molar refractivity (Wildman–Crippen MR) is 98.4 cm³/mol. The van der Waals surface area contributed by atoms with Gasteiger partial charge in [0.2, 0.25) is 5.95 Å². The number of nitrogens with one attached hydrogen (secondary N) is 3. The van der Waals surface area contributed by atoms with Crippen molar-refractivity contribution in [3.05, 3.63) is 76.2 Å². The smallest absolute Gasteiger partial charge is 0.323 e. The van der Waals surface area contributed by atoms with Crippen LogP contribution in [0, 0.1) is 12.7 Å². The molecule has 2 aromatic heterocycles. The number of benzene rings is 2. The number of aryl methyl sites for hydroxylation is 1. The molecule has 0 spiro atoms. The van der Waals surface area contributed by atoms with Crippen LogP contribution in [-0.2, 0) is 6.54 Å². The lowest BCUT2D eigenvalue weighted by Crippen LogP contribution is -2.05. The zero-order chi connectivity index (χ0) is 18.1. The van der Waals surface area contributed by atoms with Crippen molar-refractivity contribution in [1.82, 2.24) is 19.9 Å². The molecule has 0 amide bonds. The average molecular weight is 349 g/mol. The molecule has 6 nitrogen and oxygen atoms in total. The van der Waals surface area contributed by atoms with E-state index in [1.165, 1.54) is 12.1 Å². The third kappa shape index (κ3) is 3.19. The normalized spacial score (nSPS) is 11.0. The molecule has 0 radical (unpaired) electrons. The number of hydrogen-bond acceptors (Lipinski definition) is 4. The molecule has 2 aromatic carbocycles. The van der Waals surface area contributed by atoms with Gasteiger partial charge in [-0.25, -0.2) is 19.2 Å². The van der Waals surface area contributed by atoms with Crippen molar-refractivity contribution in [3.63, 3.8) is 0 Å². The molecule has 4 aromatic rings. The van der Waals surface area contributed by atoms with E-state index >= 15 is 0 Å². The van der Waals surface area contributed by atoms with Gasteiger partial charge >= 0.3 is 5.69 Å². The van der Waals surface area contributed by atoms with Gasteiger partial charge in [0.15, 0.2) is 0 Å². The van der Waals surface area contributed by atoms with E-state index in [-0.39, 0.29) is 11.5 Å². The molecule has 0 aliphatic heterocycles. The predicted octanol–water partition coefficient (Wildman–Crippen LogP) is 3.37. The van der Waals surface area contributed by atoms with Crippen LogP contribution in [0.5, 0.6) is 0 Å². The van der Waals surface area contributed by atoms with Gasteiger partial charge < -0.3 is 15.3 Å². The maximum Gasteiger partial charge on any atom is 0.323 e. The molecule has 3 N–H and O–H groups in total. The summed E-state index contributed by atoms with van der Waals surface area (Å²) >= 11 is 0. The highest BCUT2D eigenvalue weighted by molar-refractivity contribution is 5.81. The second-order valence-electron chi connectivity index (χ2n) is 6.01. The SMILES string of the molecule is Cc1nc(NCc2ccc(F)cc2)ncc1-c1ccc2[nH]c(=O)[nH]c2c1. The van der Waals surface area contributed by atoms with Gasteiger partial charge in [-0.3, -0.25) is 0 Å². The molecule has 0 saturated heterocycles. The van der Waals surface area contributed by atoms with Crippen molar-refractivity contribution in [1.29, 1.82) is 0 Å². The quantitative estimate of drug-likeness (QED) is 0.527. The molecule has 7 heteroatoms. The van der Waals surface area contributed by atoms with Crippen molar-refractivity contribution in [2.75, 3.05) is 5.32 Å². The molecule has 0 aliphatic carbocycles. The molecule has 4 rings (SSSR count). The first kappa shape index (κ1) is 16.0. The first-order chi connectivity index (χ1) is 12.6. The zero-order valence-corrected chi connectivity index (χ0v) is 14.0. The van der Waals surface area contributed by atoms with E-state index in [1.54, 1.807) is 18.3 Å². The van der Waals surface area contributed by atoms with E-state index in [0.717, 1.165) is 33.4 Å². The van der Waals surface area contributed by atoms with Crippen LogP contribution >= 0.6 is 0 Å². The van der Waals surface area contributed by atoms with Gasteiger partial charge in [-0.15, -0.1) is 0 Å². The Labute approximate surface area is 148 Å². The molecule has 26 heavy (non-hydrogen) atoms. The molecule has 0 atom stereocenters. The summed E-state index contributed by atoms with van der Waals surface area (Å²) < 4.78 is 12.9. The van der Waals surface area contributed by atoms with Crippen molar-refractivity contribution in [2.24, 2.45) is 0 Å². The van der Waals surface area contributed by atoms with Gasteiger partial charge in [-0.05, 0) is 42.3 Å². The lowest BCUT2D eigenvalue weighted by atomic mass is 10.1. The topological polar surface area (TPSA) is 86.5 Å². The van der Waals surface area contributed by atoms with Crippen molar-refractivity contribution in [2.45, 2.75) is 13.5 Å². The zero-order valence-electron chi connectivity index (χ0n) is 14.0. The first-order valence-electron chi connectivity index (χ1n) is 8.13. The molecule has 0 aliphatic rings. The minimum Gasteiger partial charge on any atom is -0.350 e. The first-order valence-corrected chi connectivity index (χ1v) is 8.13. The lowest BCUT2D eigenvalue weighted by Gasteiger charge is -2.09. The Balaban J connectivity index is 1.56. The summed E-state index contributed by atoms with van der Waals surface area (Å²) in [6.45, 7) is 2.42. The van der Waals surface area contributed by atoms with Crippen LogP contribution in [0.15, 0.2) is 53.5 Å². The molecular weight excluding hydrogens is 333 g/mol. The molecular formula is C19H16FN5O. The summed E-state index contributed by atoms with van der Waals surface area (Å²) in [5, 5.41) is 3.14. The third-order valence-corrected chi connectivity index (χ3v) is 4.17. The van der Waals surface area contributed by atoms with Crippen LogP contribution in [0.2, 0.25) is 0 Å². The lowest BCUT2D eigenvalue weighted by molar-refractivity contribution is 0.627. The fraction of sp³-hybridized carbons (Fsp3) is 0.105. The number of hydrogen-bond donors (Lipinski definition) is 3. The minimum atomic E-state index is -0.258. The molecule has 0 bridgehead atoms. The Kier molecular flexibility index (Phi) is 3.96. The summed E-state index contributed by atoms with van der Waals surface area (Å²) in [5.41, 5.74) is 4.85. The summed E-state index contributed by atoms with van der Waals surface area (Å²) in [6, 6.07) is 11.9. The number of halogens is 1. The monoisotopic (exact) mass is 349 g/mol. The van der Waals surface area contributed by atoms with Crippen molar-refractivity contribution >= 4 is 17.0 Å². The standard InChI is InChI=1S/C19H16FN5O/c1-11-15(13-4-7-16-17(8-13)25-19(26)24-16)10-22-18(23-11)21-9-12-2-5-14(20)6-3-12/h2-8,10H,9H2,1H3,(H,21,22,23)(H2,24,25,26). The summed E-state index contributed by atoms with van der Waals surface area (Å²) in [6.07, 6.45) is 1.75. The van der Waals surface area contributed by atoms with Gasteiger partial charge in [0.25, 0.3) is 0 Å².